The minimum atomic E-state index is -0.282. The van der Waals surface area contributed by atoms with Gasteiger partial charge in [0, 0.05) is 23.6 Å². The third-order valence-electron chi connectivity index (χ3n) is 5.05. The first-order chi connectivity index (χ1) is 16.5. The van der Waals surface area contributed by atoms with E-state index in [1.165, 1.54) is 11.8 Å². The highest BCUT2D eigenvalue weighted by Gasteiger charge is 2.17. The zero-order chi connectivity index (χ0) is 23.9. The molecule has 10 heteroatoms. The molecule has 174 valence electrons. The van der Waals surface area contributed by atoms with E-state index in [1.54, 1.807) is 18.7 Å². The van der Waals surface area contributed by atoms with Gasteiger partial charge in [0.2, 0.25) is 11.8 Å². The number of rotatable bonds is 9. The first kappa shape index (κ1) is 23.2. The second-order valence-corrected chi connectivity index (χ2v) is 8.54. The van der Waals surface area contributed by atoms with Gasteiger partial charge in [0.1, 0.15) is 5.76 Å². The quantitative estimate of drug-likeness (QED) is 0.356. The third kappa shape index (κ3) is 5.70. The van der Waals surface area contributed by atoms with Gasteiger partial charge in [-0.25, -0.2) is 0 Å². The molecule has 4 rings (SSSR count). The van der Waals surface area contributed by atoms with E-state index in [2.05, 4.69) is 25.8 Å². The number of amides is 2. The fourth-order valence-electron chi connectivity index (χ4n) is 3.36. The van der Waals surface area contributed by atoms with E-state index in [-0.39, 0.29) is 24.1 Å². The highest BCUT2D eigenvalue weighted by atomic mass is 32.2. The molecule has 0 fully saturated rings. The first-order valence-corrected chi connectivity index (χ1v) is 11.6. The van der Waals surface area contributed by atoms with Crippen molar-refractivity contribution in [2.24, 2.45) is 0 Å². The molecule has 2 amide bonds. The van der Waals surface area contributed by atoms with Gasteiger partial charge >= 0.3 is 0 Å². The Morgan fingerprint density at radius 3 is 2.56 bits per heavy atom. The molecular formula is C24H24N6O3S. The summed E-state index contributed by atoms with van der Waals surface area (Å²) in [5, 5.41) is 14.6. The monoisotopic (exact) mass is 476 g/mol. The predicted octanol–water partition coefficient (Wildman–Crippen LogP) is 3.45. The SMILES string of the molecule is Cc1cccc(C)c1NC(=O)CNC(=O)CSc1nnc(-c2cccnc2)n1Cc1ccco1. The second-order valence-electron chi connectivity index (χ2n) is 7.59. The molecule has 0 aliphatic carbocycles. The summed E-state index contributed by atoms with van der Waals surface area (Å²) >= 11 is 1.24. The molecule has 1 aromatic carbocycles. The van der Waals surface area contributed by atoms with Crippen LogP contribution < -0.4 is 10.6 Å². The number of para-hydroxylation sites is 1. The lowest BCUT2D eigenvalue weighted by Gasteiger charge is -2.12. The van der Waals surface area contributed by atoms with Gasteiger partial charge < -0.3 is 15.1 Å². The maximum Gasteiger partial charge on any atom is 0.243 e. The van der Waals surface area contributed by atoms with Crippen LogP contribution in [0.25, 0.3) is 11.4 Å². The average Bonchev–Trinajstić information content (AvgIpc) is 3.50. The lowest BCUT2D eigenvalue weighted by Crippen LogP contribution is -2.34. The predicted molar refractivity (Wildman–Crippen MR) is 129 cm³/mol. The molecule has 4 aromatic rings. The first-order valence-electron chi connectivity index (χ1n) is 10.6. The zero-order valence-corrected chi connectivity index (χ0v) is 19.6. The Labute approximate surface area is 201 Å². The van der Waals surface area contributed by atoms with Gasteiger partial charge in [-0.15, -0.1) is 10.2 Å². The second kappa shape index (κ2) is 10.8. The summed E-state index contributed by atoms with van der Waals surface area (Å²) in [6.07, 6.45) is 5.00. The van der Waals surface area contributed by atoms with Crippen LogP contribution in [0.5, 0.6) is 0 Å². The standard InChI is InChI=1S/C24H24N6O3S/c1-16-6-3-7-17(2)22(16)27-20(31)13-26-21(32)15-34-24-29-28-23(18-8-4-10-25-12-18)30(24)14-19-9-5-11-33-19/h3-12H,13-15H2,1-2H3,(H,26,32)(H,27,31). The van der Waals surface area contributed by atoms with E-state index in [9.17, 15) is 9.59 Å². The number of carbonyl (C=O) groups excluding carboxylic acids is 2. The molecule has 0 bridgehead atoms. The summed E-state index contributed by atoms with van der Waals surface area (Å²) in [5.74, 6) is 0.882. The van der Waals surface area contributed by atoms with E-state index in [0.717, 1.165) is 28.1 Å². The minimum Gasteiger partial charge on any atom is -0.467 e. The number of pyridine rings is 1. The van der Waals surface area contributed by atoms with Crippen LogP contribution in [-0.4, -0.2) is 43.9 Å². The van der Waals surface area contributed by atoms with Crippen molar-refractivity contribution in [1.82, 2.24) is 25.1 Å². The summed E-state index contributed by atoms with van der Waals surface area (Å²) in [5.41, 5.74) is 3.51. The summed E-state index contributed by atoms with van der Waals surface area (Å²) in [6, 6.07) is 13.2. The molecule has 3 heterocycles. The molecule has 0 aliphatic rings. The Balaban J connectivity index is 1.37. The van der Waals surface area contributed by atoms with Crippen LogP contribution in [0.15, 0.2) is 70.7 Å². The topological polar surface area (TPSA) is 115 Å². The maximum atomic E-state index is 12.4. The number of furan rings is 1. The zero-order valence-electron chi connectivity index (χ0n) is 18.8. The molecule has 0 unspecified atom stereocenters. The number of nitrogens with zero attached hydrogens (tertiary/aromatic N) is 4. The lowest BCUT2D eigenvalue weighted by atomic mass is 10.1. The van der Waals surface area contributed by atoms with E-state index >= 15 is 0 Å². The van der Waals surface area contributed by atoms with Gasteiger partial charge in [-0.3, -0.25) is 19.1 Å². The van der Waals surface area contributed by atoms with Gasteiger partial charge in [-0.1, -0.05) is 30.0 Å². The van der Waals surface area contributed by atoms with Crippen molar-refractivity contribution in [3.05, 3.63) is 78.0 Å². The Morgan fingerprint density at radius 1 is 1.03 bits per heavy atom. The Bertz CT molecular complexity index is 1250. The van der Waals surface area contributed by atoms with Gasteiger partial charge in [-0.05, 0) is 49.2 Å². The van der Waals surface area contributed by atoms with Gasteiger partial charge in [-0.2, -0.15) is 0 Å². The van der Waals surface area contributed by atoms with Crippen molar-refractivity contribution in [1.29, 1.82) is 0 Å². The number of anilines is 1. The van der Waals surface area contributed by atoms with E-state index in [4.69, 9.17) is 4.42 Å². The Morgan fingerprint density at radius 2 is 1.85 bits per heavy atom. The van der Waals surface area contributed by atoms with Crippen LogP contribution in [0.4, 0.5) is 5.69 Å². The Hall–Kier alpha value is -3.92. The number of benzene rings is 1. The van der Waals surface area contributed by atoms with Gasteiger partial charge in [0.05, 0.1) is 25.1 Å². The molecule has 3 aromatic heterocycles. The van der Waals surface area contributed by atoms with Crippen molar-refractivity contribution in [2.45, 2.75) is 25.5 Å². The number of thioether (sulfide) groups is 1. The third-order valence-corrected chi connectivity index (χ3v) is 6.02. The van der Waals surface area contributed by atoms with E-state index < -0.39 is 0 Å². The minimum absolute atomic E-state index is 0.0833. The number of hydrogen-bond donors (Lipinski definition) is 2. The Kier molecular flexibility index (Phi) is 7.38. The van der Waals surface area contributed by atoms with Crippen LogP contribution in [0.3, 0.4) is 0 Å². The smallest absolute Gasteiger partial charge is 0.243 e. The van der Waals surface area contributed by atoms with Gasteiger partial charge in [0.25, 0.3) is 0 Å². The van der Waals surface area contributed by atoms with Crippen molar-refractivity contribution >= 4 is 29.3 Å². The molecule has 0 atom stereocenters. The van der Waals surface area contributed by atoms with E-state index in [0.29, 0.717) is 17.5 Å². The van der Waals surface area contributed by atoms with Crippen molar-refractivity contribution < 1.29 is 14.0 Å². The number of carbonyl (C=O) groups is 2. The highest BCUT2D eigenvalue weighted by molar-refractivity contribution is 7.99. The van der Waals surface area contributed by atoms with Crippen LogP contribution >= 0.6 is 11.8 Å². The summed E-state index contributed by atoms with van der Waals surface area (Å²) in [7, 11) is 0. The summed E-state index contributed by atoms with van der Waals surface area (Å²) in [4.78, 5) is 28.9. The molecule has 0 spiro atoms. The summed E-state index contributed by atoms with van der Waals surface area (Å²) < 4.78 is 7.36. The molecule has 34 heavy (non-hydrogen) atoms. The molecule has 9 nitrogen and oxygen atoms in total. The normalized spacial score (nSPS) is 10.8. The largest absolute Gasteiger partial charge is 0.467 e. The molecule has 0 saturated carbocycles. The number of aryl methyl sites for hydroxylation is 2. The average molecular weight is 477 g/mol. The molecule has 2 N–H and O–H groups in total. The van der Waals surface area contributed by atoms with Gasteiger partial charge in [0.15, 0.2) is 11.0 Å². The van der Waals surface area contributed by atoms with Crippen molar-refractivity contribution in [3.8, 4) is 11.4 Å². The number of aromatic nitrogens is 4. The van der Waals surface area contributed by atoms with Crippen molar-refractivity contribution in [3.63, 3.8) is 0 Å². The molecular weight excluding hydrogens is 452 g/mol. The fraction of sp³-hybridized carbons (Fsp3) is 0.208. The van der Waals surface area contributed by atoms with Crippen LogP contribution in [0.2, 0.25) is 0 Å². The molecule has 0 radical (unpaired) electrons. The molecule has 0 saturated heterocycles. The van der Waals surface area contributed by atoms with Crippen LogP contribution in [0, 0.1) is 13.8 Å². The lowest BCUT2D eigenvalue weighted by molar-refractivity contribution is -0.122. The fourth-order valence-corrected chi connectivity index (χ4v) is 4.13. The maximum absolute atomic E-state index is 12.4. The van der Waals surface area contributed by atoms with E-state index in [1.807, 2.05) is 60.9 Å². The summed E-state index contributed by atoms with van der Waals surface area (Å²) in [6.45, 7) is 4.15. The number of hydrogen-bond acceptors (Lipinski definition) is 7. The van der Waals surface area contributed by atoms with Crippen molar-refractivity contribution in [2.75, 3.05) is 17.6 Å². The van der Waals surface area contributed by atoms with Crippen LogP contribution in [-0.2, 0) is 16.1 Å². The molecule has 0 aliphatic heterocycles. The van der Waals surface area contributed by atoms with Crippen LogP contribution in [0.1, 0.15) is 16.9 Å². The number of nitrogens with one attached hydrogen (secondary N) is 2. The highest BCUT2D eigenvalue weighted by Crippen LogP contribution is 2.25.